The van der Waals surface area contributed by atoms with Crippen molar-refractivity contribution in [1.82, 2.24) is 20.0 Å². The van der Waals surface area contributed by atoms with Crippen molar-refractivity contribution in [2.45, 2.75) is 0 Å². The van der Waals surface area contributed by atoms with Crippen LogP contribution in [-0.4, -0.2) is 20.0 Å². The predicted molar refractivity (Wildman–Crippen MR) is 59.4 cm³/mol. The van der Waals surface area contributed by atoms with Crippen LogP contribution in [0.3, 0.4) is 0 Å². The van der Waals surface area contributed by atoms with Crippen molar-refractivity contribution in [1.29, 1.82) is 0 Å². The first-order valence-electron chi connectivity index (χ1n) is 5.03. The molecular formula is C11H6F2N4O. The average molecular weight is 248 g/mol. The first kappa shape index (κ1) is 10.6. The summed E-state index contributed by atoms with van der Waals surface area (Å²) in [5.74, 6) is -1.45. The fourth-order valence-corrected chi connectivity index (χ4v) is 1.69. The summed E-state index contributed by atoms with van der Waals surface area (Å²) < 4.78 is 27.6. The van der Waals surface area contributed by atoms with Gasteiger partial charge in [0.25, 0.3) is 0 Å². The summed E-state index contributed by atoms with van der Waals surface area (Å²) in [4.78, 5) is 11.5. The molecule has 3 rings (SSSR count). The Bertz CT molecular complexity index is 793. The van der Waals surface area contributed by atoms with Crippen molar-refractivity contribution in [2.24, 2.45) is 0 Å². The molecule has 90 valence electrons. The molecule has 0 radical (unpaired) electrons. The van der Waals surface area contributed by atoms with Crippen LogP contribution in [0, 0.1) is 11.6 Å². The van der Waals surface area contributed by atoms with Crippen molar-refractivity contribution in [3.05, 3.63) is 52.5 Å². The zero-order valence-corrected chi connectivity index (χ0v) is 8.89. The minimum Gasteiger partial charge on any atom is -0.287 e. The van der Waals surface area contributed by atoms with Gasteiger partial charge in [-0.1, -0.05) is 0 Å². The number of nitrogens with one attached hydrogen (secondary N) is 1. The summed E-state index contributed by atoms with van der Waals surface area (Å²) in [7, 11) is 0. The van der Waals surface area contributed by atoms with Crippen molar-refractivity contribution < 1.29 is 8.78 Å². The molecule has 18 heavy (non-hydrogen) atoms. The molecule has 0 saturated carbocycles. The molecule has 0 unspecified atom stereocenters. The molecule has 5 nitrogen and oxygen atoms in total. The number of benzene rings is 1. The maximum absolute atomic E-state index is 13.6. The van der Waals surface area contributed by atoms with Crippen LogP contribution < -0.4 is 5.43 Å². The van der Waals surface area contributed by atoms with Gasteiger partial charge in [0.1, 0.15) is 11.5 Å². The first-order valence-corrected chi connectivity index (χ1v) is 5.03. The summed E-state index contributed by atoms with van der Waals surface area (Å²) >= 11 is 0. The number of halogens is 2. The summed E-state index contributed by atoms with van der Waals surface area (Å²) in [5.41, 5.74) is -0.0272. The maximum atomic E-state index is 13.6. The third kappa shape index (κ3) is 1.48. The van der Waals surface area contributed by atoms with Gasteiger partial charge < -0.3 is 0 Å². The van der Waals surface area contributed by atoms with Crippen LogP contribution in [0.1, 0.15) is 0 Å². The van der Waals surface area contributed by atoms with Crippen molar-refractivity contribution in [2.75, 3.05) is 0 Å². The van der Waals surface area contributed by atoms with E-state index in [0.717, 1.165) is 18.3 Å². The highest BCUT2D eigenvalue weighted by molar-refractivity contribution is 5.75. The number of hydrogen-bond acceptors (Lipinski definition) is 3. The third-order valence-electron chi connectivity index (χ3n) is 2.52. The number of aromatic nitrogens is 4. The van der Waals surface area contributed by atoms with Gasteiger partial charge in [-0.05, 0) is 12.1 Å². The predicted octanol–water partition coefficient (Wildman–Crippen LogP) is 1.39. The topological polar surface area (TPSA) is 63.6 Å². The standard InChI is InChI=1S/C11H6F2N4O/c12-6-1-2-9(8(13)3-6)17-11-7(4-15-17)10(18)5-14-16-11/h1-5H,(H,16,18). The zero-order valence-electron chi connectivity index (χ0n) is 8.89. The second-order valence-corrected chi connectivity index (χ2v) is 3.65. The molecule has 0 spiro atoms. The Kier molecular flexibility index (Phi) is 2.19. The molecule has 1 N–H and O–H groups in total. The molecule has 2 aromatic heterocycles. The minimum absolute atomic E-state index is 0.0371. The van der Waals surface area contributed by atoms with Gasteiger partial charge in [-0.2, -0.15) is 10.2 Å². The summed E-state index contributed by atoms with van der Waals surface area (Å²) in [6.07, 6.45) is 2.41. The Morgan fingerprint density at radius 2 is 2.06 bits per heavy atom. The van der Waals surface area contributed by atoms with Gasteiger partial charge >= 0.3 is 0 Å². The highest BCUT2D eigenvalue weighted by Gasteiger charge is 2.12. The molecule has 0 aliphatic heterocycles. The highest BCUT2D eigenvalue weighted by atomic mass is 19.1. The maximum Gasteiger partial charge on any atom is 0.211 e. The molecule has 0 saturated heterocycles. The molecule has 0 atom stereocenters. The Balaban J connectivity index is 2.32. The first-order chi connectivity index (χ1) is 8.66. The lowest BCUT2D eigenvalue weighted by molar-refractivity contribution is 0.574. The number of rotatable bonds is 1. The van der Waals surface area contributed by atoms with E-state index in [0.29, 0.717) is 0 Å². The number of aromatic amines is 1. The van der Waals surface area contributed by atoms with Crippen LogP contribution in [0.15, 0.2) is 35.4 Å². The van der Waals surface area contributed by atoms with Gasteiger partial charge in [0.15, 0.2) is 11.5 Å². The second kappa shape index (κ2) is 3.73. The molecular weight excluding hydrogens is 242 g/mol. The summed E-state index contributed by atoms with van der Waals surface area (Å²) in [6, 6.07) is 3.10. The Morgan fingerprint density at radius 3 is 2.83 bits per heavy atom. The Morgan fingerprint density at radius 1 is 1.22 bits per heavy atom. The van der Waals surface area contributed by atoms with Crippen LogP contribution >= 0.6 is 0 Å². The van der Waals surface area contributed by atoms with Crippen LogP contribution in [0.4, 0.5) is 8.78 Å². The number of hydrogen-bond donors (Lipinski definition) is 1. The molecule has 0 aliphatic rings. The largest absolute Gasteiger partial charge is 0.287 e. The van der Waals surface area contributed by atoms with E-state index in [1.807, 2.05) is 0 Å². The van der Waals surface area contributed by atoms with E-state index in [1.54, 1.807) is 0 Å². The monoisotopic (exact) mass is 248 g/mol. The van der Waals surface area contributed by atoms with Gasteiger partial charge in [0.05, 0.1) is 17.8 Å². The molecule has 0 fully saturated rings. The fourth-order valence-electron chi connectivity index (χ4n) is 1.69. The third-order valence-corrected chi connectivity index (χ3v) is 2.52. The van der Waals surface area contributed by atoms with Gasteiger partial charge in [0.2, 0.25) is 5.43 Å². The van der Waals surface area contributed by atoms with Crippen molar-refractivity contribution >= 4 is 11.0 Å². The Labute approximate surface area is 98.7 Å². The normalized spacial score (nSPS) is 11.0. The molecule has 7 heteroatoms. The van der Waals surface area contributed by atoms with Crippen LogP contribution in [-0.2, 0) is 0 Å². The van der Waals surface area contributed by atoms with Gasteiger partial charge in [-0.15, -0.1) is 0 Å². The van der Waals surface area contributed by atoms with Crippen LogP contribution in [0.2, 0.25) is 0 Å². The van der Waals surface area contributed by atoms with E-state index in [-0.39, 0.29) is 22.1 Å². The lowest BCUT2D eigenvalue weighted by Crippen LogP contribution is -2.05. The van der Waals surface area contributed by atoms with Crippen molar-refractivity contribution in [3.63, 3.8) is 0 Å². The molecule has 0 amide bonds. The van der Waals surface area contributed by atoms with Crippen LogP contribution in [0.25, 0.3) is 16.7 Å². The van der Waals surface area contributed by atoms with Gasteiger partial charge in [0, 0.05) is 6.07 Å². The molecule has 0 bridgehead atoms. The lowest BCUT2D eigenvalue weighted by Gasteiger charge is -2.04. The van der Waals surface area contributed by atoms with E-state index in [1.165, 1.54) is 16.9 Å². The number of nitrogens with zero attached hydrogens (tertiary/aromatic N) is 3. The van der Waals surface area contributed by atoms with Gasteiger partial charge in [-0.3, -0.25) is 9.89 Å². The van der Waals surface area contributed by atoms with E-state index in [9.17, 15) is 13.6 Å². The van der Waals surface area contributed by atoms with E-state index < -0.39 is 11.6 Å². The SMILES string of the molecule is O=c1cn[nH]c2c1cnn2-c1ccc(F)cc1F. The van der Waals surface area contributed by atoms with Crippen molar-refractivity contribution in [3.8, 4) is 5.69 Å². The quantitative estimate of drug-likeness (QED) is 0.707. The molecule has 3 aromatic rings. The zero-order chi connectivity index (χ0) is 12.7. The van der Waals surface area contributed by atoms with E-state index >= 15 is 0 Å². The van der Waals surface area contributed by atoms with Crippen LogP contribution in [0.5, 0.6) is 0 Å². The summed E-state index contributed by atoms with van der Waals surface area (Å²) in [6.45, 7) is 0. The van der Waals surface area contributed by atoms with Gasteiger partial charge in [-0.25, -0.2) is 13.5 Å². The lowest BCUT2D eigenvalue weighted by atomic mass is 10.3. The second-order valence-electron chi connectivity index (χ2n) is 3.65. The minimum atomic E-state index is -0.773. The number of fused-ring (bicyclic) bond motifs is 1. The fraction of sp³-hybridized carbons (Fsp3) is 0. The Hall–Kier alpha value is -2.57. The average Bonchev–Trinajstić information content (AvgIpc) is 2.74. The van der Waals surface area contributed by atoms with E-state index in [4.69, 9.17) is 0 Å². The van der Waals surface area contributed by atoms with E-state index in [2.05, 4.69) is 15.3 Å². The molecule has 0 aliphatic carbocycles. The summed E-state index contributed by atoms with van der Waals surface area (Å²) in [5, 5.41) is 10.4. The molecule has 2 heterocycles. The highest BCUT2D eigenvalue weighted by Crippen LogP contribution is 2.17. The smallest absolute Gasteiger partial charge is 0.211 e. The number of H-pyrrole nitrogens is 1. The molecule has 1 aromatic carbocycles.